The number of hydrogen-bond donors (Lipinski definition) is 0. The Morgan fingerprint density at radius 1 is 1.05 bits per heavy atom. The van der Waals surface area contributed by atoms with Crippen LogP contribution in [0.15, 0.2) is 54.6 Å². The van der Waals surface area contributed by atoms with Crippen LogP contribution in [0.5, 0.6) is 0 Å². The highest BCUT2D eigenvalue weighted by Gasteiger charge is 2.10. The Balaban J connectivity index is 2.43. The van der Waals surface area contributed by atoms with Gasteiger partial charge in [0, 0.05) is 5.02 Å². The summed E-state index contributed by atoms with van der Waals surface area (Å²) in [6, 6.07) is 7.87. The number of benzene rings is 1. The molecule has 1 aromatic carbocycles. The van der Waals surface area contributed by atoms with Gasteiger partial charge in [-0.05, 0) is 36.0 Å². The number of rotatable bonds is 8. The van der Waals surface area contributed by atoms with Crippen molar-refractivity contribution in [2.45, 2.75) is 46.5 Å². The minimum absolute atomic E-state index is 0.201. The average Bonchev–Trinajstić information content (AvgIpc) is 2.45. The van der Waals surface area contributed by atoms with Gasteiger partial charge in [-0.25, -0.2) is 0 Å². The van der Waals surface area contributed by atoms with Gasteiger partial charge in [-0.3, -0.25) is 0 Å². The Morgan fingerprint density at radius 3 is 2.43 bits per heavy atom. The Morgan fingerprint density at radius 2 is 1.76 bits per heavy atom. The van der Waals surface area contributed by atoms with Crippen LogP contribution in [0.3, 0.4) is 0 Å². The molecule has 0 amide bonds. The standard InChI is InChI=1S/C20H27Cl/c1-4-5-6-7-9-16-20(2,3)17-10-8-11-18-12-14-19(21)15-13-18/h7-15,17H,4-6,16H2,1-3H3/b9-7+,11-8-,17-10+. The van der Waals surface area contributed by atoms with Gasteiger partial charge in [0.15, 0.2) is 0 Å². The van der Waals surface area contributed by atoms with E-state index in [1.54, 1.807) is 0 Å². The van der Waals surface area contributed by atoms with Crippen molar-refractivity contribution in [2.24, 2.45) is 5.41 Å². The lowest BCUT2D eigenvalue weighted by atomic mass is 9.88. The molecule has 0 fully saturated rings. The van der Waals surface area contributed by atoms with Crippen LogP contribution in [-0.4, -0.2) is 0 Å². The third kappa shape index (κ3) is 8.57. The van der Waals surface area contributed by atoms with Crippen molar-refractivity contribution in [1.29, 1.82) is 0 Å². The van der Waals surface area contributed by atoms with Gasteiger partial charge < -0.3 is 0 Å². The van der Waals surface area contributed by atoms with Crippen molar-refractivity contribution >= 4 is 17.7 Å². The fourth-order valence-electron chi connectivity index (χ4n) is 1.95. The van der Waals surface area contributed by atoms with E-state index in [0.29, 0.717) is 0 Å². The van der Waals surface area contributed by atoms with E-state index in [2.05, 4.69) is 57.2 Å². The molecule has 21 heavy (non-hydrogen) atoms. The minimum Gasteiger partial charge on any atom is -0.0885 e. The van der Waals surface area contributed by atoms with Gasteiger partial charge in [0.05, 0.1) is 0 Å². The minimum atomic E-state index is 0.201. The van der Waals surface area contributed by atoms with Gasteiger partial charge >= 0.3 is 0 Å². The molecule has 114 valence electrons. The maximum absolute atomic E-state index is 5.87. The van der Waals surface area contributed by atoms with Crippen LogP contribution in [0.4, 0.5) is 0 Å². The molecule has 0 saturated carbocycles. The Labute approximate surface area is 135 Å². The van der Waals surface area contributed by atoms with E-state index in [0.717, 1.165) is 11.4 Å². The number of allylic oxidation sites excluding steroid dienone is 5. The first-order valence-electron chi connectivity index (χ1n) is 7.80. The summed E-state index contributed by atoms with van der Waals surface area (Å²) >= 11 is 5.87. The highest BCUT2D eigenvalue weighted by molar-refractivity contribution is 6.30. The van der Waals surface area contributed by atoms with E-state index in [1.807, 2.05) is 24.3 Å². The lowest BCUT2D eigenvalue weighted by Crippen LogP contribution is -2.04. The van der Waals surface area contributed by atoms with Gasteiger partial charge in [0.2, 0.25) is 0 Å². The molecule has 0 N–H and O–H groups in total. The summed E-state index contributed by atoms with van der Waals surface area (Å²) in [6.07, 6.45) is 18.0. The van der Waals surface area contributed by atoms with Crippen molar-refractivity contribution < 1.29 is 0 Å². The van der Waals surface area contributed by atoms with E-state index >= 15 is 0 Å². The first kappa shape index (κ1) is 17.8. The van der Waals surface area contributed by atoms with Crippen LogP contribution in [-0.2, 0) is 0 Å². The van der Waals surface area contributed by atoms with E-state index in [1.165, 1.54) is 24.8 Å². The van der Waals surface area contributed by atoms with E-state index < -0.39 is 0 Å². The van der Waals surface area contributed by atoms with E-state index in [9.17, 15) is 0 Å². The quantitative estimate of drug-likeness (QED) is 0.273. The molecule has 1 aromatic rings. The van der Waals surface area contributed by atoms with Crippen molar-refractivity contribution in [3.8, 4) is 0 Å². The Bertz CT molecular complexity index is 475. The summed E-state index contributed by atoms with van der Waals surface area (Å²) in [6.45, 7) is 6.76. The number of unbranched alkanes of at least 4 members (excludes halogenated alkanes) is 2. The maximum Gasteiger partial charge on any atom is 0.0406 e. The normalized spacial score (nSPS) is 13.0. The molecule has 0 aliphatic rings. The largest absolute Gasteiger partial charge is 0.0885 e. The summed E-state index contributed by atoms with van der Waals surface area (Å²) in [5.41, 5.74) is 1.37. The Hall–Kier alpha value is -1.27. The van der Waals surface area contributed by atoms with Crippen LogP contribution < -0.4 is 0 Å². The third-order valence-electron chi connectivity index (χ3n) is 3.35. The van der Waals surface area contributed by atoms with Gasteiger partial charge in [0.1, 0.15) is 0 Å². The zero-order chi connectivity index (χ0) is 15.6. The van der Waals surface area contributed by atoms with Crippen molar-refractivity contribution in [1.82, 2.24) is 0 Å². The fourth-order valence-corrected chi connectivity index (χ4v) is 2.08. The average molecular weight is 303 g/mol. The van der Waals surface area contributed by atoms with Crippen LogP contribution in [0.25, 0.3) is 6.08 Å². The van der Waals surface area contributed by atoms with Gasteiger partial charge in [0.25, 0.3) is 0 Å². The second-order valence-corrected chi connectivity index (χ2v) is 6.51. The first-order chi connectivity index (χ1) is 10.0. The molecule has 1 rings (SSSR count). The summed E-state index contributed by atoms with van der Waals surface area (Å²) in [4.78, 5) is 0. The molecule has 0 aromatic heterocycles. The molecule has 0 aliphatic carbocycles. The number of hydrogen-bond acceptors (Lipinski definition) is 0. The fraction of sp³-hybridized carbons (Fsp3) is 0.400. The molecule has 0 nitrogen and oxygen atoms in total. The maximum atomic E-state index is 5.87. The highest BCUT2D eigenvalue weighted by Crippen LogP contribution is 2.23. The predicted octanol–water partition coefficient (Wildman–Crippen LogP) is 7.07. The summed E-state index contributed by atoms with van der Waals surface area (Å²) < 4.78 is 0. The van der Waals surface area contributed by atoms with Crippen molar-refractivity contribution in [2.75, 3.05) is 0 Å². The van der Waals surface area contributed by atoms with Crippen LogP contribution in [0.1, 0.15) is 52.0 Å². The highest BCUT2D eigenvalue weighted by atomic mass is 35.5. The van der Waals surface area contributed by atoms with Crippen LogP contribution in [0.2, 0.25) is 5.02 Å². The van der Waals surface area contributed by atoms with Crippen molar-refractivity contribution in [3.05, 3.63) is 65.2 Å². The summed E-state index contributed by atoms with van der Waals surface area (Å²) in [7, 11) is 0. The smallest absolute Gasteiger partial charge is 0.0406 e. The van der Waals surface area contributed by atoms with Crippen LogP contribution >= 0.6 is 11.6 Å². The lowest BCUT2D eigenvalue weighted by molar-refractivity contribution is 0.488. The van der Waals surface area contributed by atoms with Gasteiger partial charge in [-0.2, -0.15) is 0 Å². The lowest BCUT2D eigenvalue weighted by Gasteiger charge is -2.17. The second kappa shape index (κ2) is 9.63. The van der Waals surface area contributed by atoms with Crippen molar-refractivity contribution in [3.63, 3.8) is 0 Å². The summed E-state index contributed by atoms with van der Waals surface area (Å²) in [5.74, 6) is 0. The molecule has 0 aliphatic heterocycles. The zero-order valence-corrected chi connectivity index (χ0v) is 14.2. The topological polar surface area (TPSA) is 0 Å². The molecule has 1 heteroatoms. The Kier molecular flexibility index (Phi) is 8.15. The SMILES string of the molecule is CCCC/C=C/CC(C)(C)/C=C/C=C\c1ccc(Cl)cc1. The molecule has 0 saturated heterocycles. The molecule has 0 spiro atoms. The molecular weight excluding hydrogens is 276 g/mol. The van der Waals surface area contributed by atoms with Gasteiger partial charge in [-0.15, -0.1) is 0 Å². The van der Waals surface area contributed by atoms with Crippen LogP contribution in [0, 0.1) is 5.41 Å². The molecule has 0 unspecified atom stereocenters. The second-order valence-electron chi connectivity index (χ2n) is 6.08. The zero-order valence-electron chi connectivity index (χ0n) is 13.5. The monoisotopic (exact) mass is 302 g/mol. The summed E-state index contributed by atoms with van der Waals surface area (Å²) in [5, 5.41) is 0.777. The predicted molar refractivity (Wildman–Crippen MR) is 96.7 cm³/mol. The number of halogens is 1. The first-order valence-corrected chi connectivity index (χ1v) is 8.18. The van der Waals surface area contributed by atoms with E-state index in [4.69, 9.17) is 11.6 Å². The molecule has 0 heterocycles. The molecule has 0 radical (unpaired) electrons. The molecular formula is C20H27Cl. The molecule has 0 bridgehead atoms. The van der Waals surface area contributed by atoms with E-state index in [-0.39, 0.29) is 5.41 Å². The molecule has 0 atom stereocenters. The third-order valence-corrected chi connectivity index (χ3v) is 3.60. The van der Waals surface area contributed by atoms with Gasteiger partial charge in [-0.1, -0.05) is 93.8 Å².